The van der Waals surface area contributed by atoms with Crippen LogP contribution in [0.1, 0.15) is 15.9 Å². The van der Waals surface area contributed by atoms with Crippen molar-refractivity contribution in [2.24, 2.45) is 0 Å². The molecule has 1 amide bonds. The van der Waals surface area contributed by atoms with Crippen LogP contribution in [0.4, 0.5) is 5.69 Å². The van der Waals surface area contributed by atoms with Crippen LogP contribution in [0.25, 0.3) is 0 Å². The molecule has 0 radical (unpaired) electrons. The number of phenols is 1. The minimum atomic E-state index is -0.386. The number of hydrogen-bond donors (Lipinski definition) is 2. The van der Waals surface area contributed by atoms with Crippen molar-refractivity contribution in [3.8, 4) is 11.8 Å². The maximum atomic E-state index is 12.0. The number of phenolic OH excluding ortho intramolecular Hbond substituents is 1. The fourth-order valence-corrected chi connectivity index (χ4v) is 2.10. The van der Waals surface area contributed by atoms with Crippen molar-refractivity contribution in [1.82, 2.24) is 0 Å². The van der Waals surface area contributed by atoms with Crippen molar-refractivity contribution in [1.29, 1.82) is 5.26 Å². The second kappa shape index (κ2) is 6.11. The Kier molecular flexibility index (Phi) is 4.47. The Bertz CT molecular complexity index is 726. The number of nitriles is 1. The quantitative estimate of drug-likeness (QED) is 0.756. The molecule has 0 heterocycles. The van der Waals surface area contributed by atoms with E-state index in [1.165, 1.54) is 12.1 Å². The summed E-state index contributed by atoms with van der Waals surface area (Å²) in [6.45, 7) is 0. The number of aromatic hydroxyl groups is 1. The molecule has 0 aliphatic carbocycles. The van der Waals surface area contributed by atoms with Crippen LogP contribution in [0.15, 0.2) is 36.4 Å². The molecular formula is C14H8ClIN2O2. The molecule has 2 rings (SSSR count). The van der Waals surface area contributed by atoms with Crippen LogP contribution < -0.4 is 5.32 Å². The zero-order valence-electron chi connectivity index (χ0n) is 10.0. The van der Waals surface area contributed by atoms with Crippen LogP contribution in [0.3, 0.4) is 0 Å². The molecule has 2 aromatic carbocycles. The molecule has 0 aliphatic heterocycles. The number of halogens is 2. The third-order valence-electron chi connectivity index (χ3n) is 2.55. The summed E-state index contributed by atoms with van der Waals surface area (Å²) >= 11 is 7.95. The Hall–Kier alpha value is -1.78. The van der Waals surface area contributed by atoms with E-state index in [1.807, 2.05) is 28.7 Å². The number of carbonyl (C=O) groups is 1. The highest BCUT2D eigenvalue weighted by molar-refractivity contribution is 14.1. The van der Waals surface area contributed by atoms with E-state index < -0.39 is 0 Å². The van der Waals surface area contributed by atoms with Gasteiger partial charge in [-0.2, -0.15) is 5.26 Å². The highest BCUT2D eigenvalue weighted by atomic mass is 127. The topological polar surface area (TPSA) is 73.1 Å². The van der Waals surface area contributed by atoms with Crippen LogP contribution in [0.5, 0.6) is 5.75 Å². The Morgan fingerprint density at radius 3 is 2.65 bits per heavy atom. The van der Waals surface area contributed by atoms with Gasteiger partial charge < -0.3 is 10.4 Å². The van der Waals surface area contributed by atoms with E-state index in [1.54, 1.807) is 24.3 Å². The number of anilines is 1. The van der Waals surface area contributed by atoms with E-state index in [4.69, 9.17) is 16.9 Å². The predicted octanol–water partition coefficient (Wildman–Crippen LogP) is 3.77. The smallest absolute Gasteiger partial charge is 0.255 e. The number of amides is 1. The summed E-state index contributed by atoms with van der Waals surface area (Å²) in [5.74, 6) is -0.340. The first kappa shape index (κ1) is 14.6. The first-order valence-corrected chi connectivity index (χ1v) is 6.96. The number of nitrogens with one attached hydrogen (secondary N) is 1. The van der Waals surface area contributed by atoms with Gasteiger partial charge in [-0.1, -0.05) is 11.6 Å². The summed E-state index contributed by atoms with van der Waals surface area (Å²) in [4.78, 5) is 12.0. The van der Waals surface area contributed by atoms with Crippen LogP contribution in [0.2, 0.25) is 5.02 Å². The lowest BCUT2D eigenvalue weighted by atomic mass is 10.2. The Labute approximate surface area is 134 Å². The minimum Gasteiger partial charge on any atom is -0.507 e. The number of hydrogen-bond acceptors (Lipinski definition) is 3. The maximum Gasteiger partial charge on any atom is 0.255 e. The van der Waals surface area contributed by atoms with Crippen molar-refractivity contribution >= 4 is 45.8 Å². The molecule has 4 nitrogen and oxygen atoms in total. The van der Waals surface area contributed by atoms with Crippen LogP contribution in [0, 0.1) is 14.9 Å². The summed E-state index contributed by atoms with van der Waals surface area (Å²) in [5, 5.41) is 21.2. The lowest BCUT2D eigenvalue weighted by Gasteiger charge is -2.08. The van der Waals surface area contributed by atoms with Gasteiger partial charge in [-0.05, 0) is 59.0 Å². The van der Waals surface area contributed by atoms with Gasteiger partial charge in [-0.25, -0.2) is 0 Å². The number of rotatable bonds is 2. The molecule has 0 spiro atoms. The molecule has 0 aromatic heterocycles. The molecule has 0 unspecified atom stereocenters. The number of nitrogens with zero attached hydrogens (tertiary/aromatic N) is 1. The van der Waals surface area contributed by atoms with Crippen LogP contribution in [-0.2, 0) is 0 Å². The fourth-order valence-electron chi connectivity index (χ4n) is 1.53. The maximum absolute atomic E-state index is 12.0. The highest BCUT2D eigenvalue weighted by Gasteiger charge is 2.10. The molecule has 0 atom stereocenters. The van der Waals surface area contributed by atoms with Crippen molar-refractivity contribution < 1.29 is 9.90 Å². The molecule has 6 heteroatoms. The summed E-state index contributed by atoms with van der Waals surface area (Å²) in [5.41, 5.74) is 1.15. The summed E-state index contributed by atoms with van der Waals surface area (Å²) < 4.78 is 0.663. The van der Waals surface area contributed by atoms with Gasteiger partial charge in [0.25, 0.3) is 5.91 Å². The van der Waals surface area contributed by atoms with Crippen molar-refractivity contribution in [3.63, 3.8) is 0 Å². The zero-order valence-corrected chi connectivity index (χ0v) is 12.9. The molecule has 100 valence electrons. The molecule has 2 aromatic rings. The van der Waals surface area contributed by atoms with Crippen molar-refractivity contribution in [3.05, 3.63) is 56.1 Å². The average Bonchev–Trinajstić information content (AvgIpc) is 2.43. The monoisotopic (exact) mass is 398 g/mol. The van der Waals surface area contributed by atoms with Gasteiger partial charge in [0.2, 0.25) is 0 Å². The SMILES string of the molecule is N#Cc1ccc(NC(=O)c2ccc(I)c(O)c2)c(Cl)c1. The van der Waals surface area contributed by atoms with Gasteiger partial charge in [0.15, 0.2) is 0 Å². The van der Waals surface area contributed by atoms with Gasteiger partial charge in [0.05, 0.1) is 25.9 Å². The first-order chi connectivity index (χ1) is 9.51. The number of benzene rings is 2. The molecule has 0 aliphatic rings. The van der Waals surface area contributed by atoms with Gasteiger partial charge in [0, 0.05) is 5.56 Å². The lowest BCUT2D eigenvalue weighted by molar-refractivity contribution is 0.102. The first-order valence-electron chi connectivity index (χ1n) is 5.51. The van der Waals surface area contributed by atoms with Crippen LogP contribution >= 0.6 is 34.2 Å². The average molecular weight is 399 g/mol. The Balaban J connectivity index is 2.23. The van der Waals surface area contributed by atoms with Gasteiger partial charge >= 0.3 is 0 Å². The second-order valence-corrected chi connectivity index (χ2v) is 5.50. The molecule has 0 fully saturated rings. The van der Waals surface area contributed by atoms with Gasteiger partial charge in [0.1, 0.15) is 5.75 Å². The second-order valence-electron chi connectivity index (χ2n) is 3.93. The van der Waals surface area contributed by atoms with Gasteiger partial charge in [-0.15, -0.1) is 0 Å². The molecular weight excluding hydrogens is 391 g/mol. The van der Waals surface area contributed by atoms with Gasteiger partial charge in [-0.3, -0.25) is 4.79 Å². The molecule has 0 bridgehead atoms. The summed E-state index contributed by atoms with van der Waals surface area (Å²) in [6, 6.07) is 11.2. The minimum absolute atomic E-state index is 0.0455. The van der Waals surface area contributed by atoms with E-state index in [-0.39, 0.29) is 16.7 Å². The van der Waals surface area contributed by atoms with Crippen molar-refractivity contribution in [2.75, 3.05) is 5.32 Å². The Morgan fingerprint density at radius 2 is 2.05 bits per heavy atom. The van der Waals surface area contributed by atoms with E-state index in [0.29, 0.717) is 20.4 Å². The molecule has 20 heavy (non-hydrogen) atoms. The predicted molar refractivity (Wildman–Crippen MR) is 84.9 cm³/mol. The van der Waals surface area contributed by atoms with E-state index in [0.717, 1.165) is 0 Å². The number of carbonyl (C=O) groups excluding carboxylic acids is 1. The normalized spacial score (nSPS) is 9.85. The molecule has 2 N–H and O–H groups in total. The highest BCUT2D eigenvalue weighted by Crippen LogP contribution is 2.25. The summed E-state index contributed by atoms with van der Waals surface area (Å²) in [7, 11) is 0. The van der Waals surface area contributed by atoms with E-state index >= 15 is 0 Å². The third-order valence-corrected chi connectivity index (χ3v) is 3.78. The zero-order chi connectivity index (χ0) is 14.7. The molecule has 0 saturated carbocycles. The molecule has 0 saturated heterocycles. The standard InChI is InChI=1S/C14H8ClIN2O2/c15-10-5-8(7-17)1-4-12(10)18-14(20)9-2-3-11(16)13(19)6-9/h1-6,19H,(H,18,20). The lowest BCUT2D eigenvalue weighted by Crippen LogP contribution is -2.12. The summed E-state index contributed by atoms with van der Waals surface area (Å²) in [6.07, 6.45) is 0. The Morgan fingerprint density at radius 1 is 1.30 bits per heavy atom. The van der Waals surface area contributed by atoms with E-state index in [9.17, 15) is 9.90 Å². The largest absolute Gasteiger partial charge is 0.507 e. The van der Waals surface area contributed by atoms with Crippen molar-refractivity contribution in [2.45, 2.75) is 0 Å². The van der Waals surface area contributed by atoms with E-state index in [2.05, 4.69) is 5.32 Å². The third kappa shape index (κ3) is 3.21. The van der Waals surface area contributed by atoms with Crippen LogP contribution in [-0.4, -0.2) is 11.0 Å². The fraction of sp³-hybridized carbons (Fsp3) is 0.